The lowest BCUT2D eigenvalue weighted by molar-refractivity contribution is -0.637. The number of carboxylic acids is 1. The van der Waals surface area contributed by atoms with Gasteiger partial charge in [-0.2, -0.15) is 0 Å². The summed E-state index contributed by atoms with van der Waals surface area (Å²) in [6.45, 7) is 0. The smallest absolute Gasteiger partial charge is 0.349 e. The van der Waals surface area contributed by atoms with Crippen molar-refractivity contribution in [3.05, 3.63) is 46.0 Å². The molecule has 0 amide bonds. The first-order valence-corrected chi connectivity index (χ1v) is 4.61. The predicted octanol–water partition coefficient (Wildman–Crippen LogP) is 0.973. The van der Waals surface area contributed by atoms with Gasteiger partial charge in [-0.1, -0.05) is 18.2 Å². The van der Waals surface area contributed by atoms with Gasteiger partial charge < -0.3 is 10.2 Å². The minimum absolute atomic E-state index is 0.0845. The van der Waals surface area contributed by atoms with Gasteiger partial charge in [-0.15, -0.1) is 0 Å². The van der Waals surface area contributed by atoms with Crippen LogP contribution >= 0.6 is 0 Å². The largest absolute Gasteiger partial charge is 0.481 e. The first-order valence-electron chi connectivity index (χ1n) is 4.61. The molecule has 0 heterocycles. The van der Waals surface area contributed by atoms with E-state index >= 15 is 0 Å². The minimum atomic E-state index is -2.33. The lowest BCUT2D eigenvalue weighted by atomic mass is 9.98. The average Bonchev–Trinajstić information content (AvgIpc) is 2.26. The monoisotopic (exact) mass is 225 g/mol. The molecule has 1 unspecified atom stereocenters. The minimum Gasteiger partial charge on any atom is -0.481 e. The Hall–Kier alpha value is -1.95. The second kappa shape index (κ2) is 4.71. The van der Waals surface area contributed by atoms with Crippen LogP contribution in [0.25, 0.3) is 0 Å². The van der Waals surface area contributed by atoms with E-state index in [2.05, 4.69) is 0 Å². The first-order chi connectivity index (χ1) is 7.47. The van der Waals surface area contributed by atoms with E-state index in [1.54, 1.807) is 18.2 Å². The molecule has 0 aromatic heterocycles. The number of nitro groups is 1. The van der Waals surface area contributed by atoms with Gasteiger partial charge in [0.05, 0.1) is 23.3 Å². The Labute approximate surface area is 91.3 Å². The van der Waals surface area contributed by atoms with Crippen molar-refractivity contribution in [2.75, 3.05) is 0 Å². The molecule has 0 saturated heterocycles. The molecule has 1 rings (SSSR count). The topological polar surface area (TPSA) is 101 Å². The number of carboxylic acid groups (broad SMARTS) is 1. The second-order valence-corrected chi connectivity index (χ2v) is 3.33. The van der Waals surface area contributed by atoms with E-state index < -0.39 is 29.5 Å². The second-order valence-electron chi connectivity index (χ2n) is 3.33. The van der Waals surface area contributed by atoms with Crippen LogP contribution in [-0.2, 0) is 10.5 Å². The van der Waals surface area contributed by atoms with Crippen molar-refractivity contribution in [3.8, 4) is 0 Å². The quantitative estimate of drug-likeness (QED) is 0.441. The van der Waals surface area contributed by atoms with E-state index in [9.17, 15) is 20.0 Å². The van der Waals surface area contributed by atoms with Crippen molar-refractivity contribution in [1.29, 1.82) is 0 Å². The fraction of sp³-hybridized carbons (Fsp3) is 0.300. The van der Waals surface area contributed by atoms with E-state index in [-0.39, 0.29) is 5.56 Å². The summed E-state index contributed by atoms with van der Waals surface area (Å²) in [5.41, 5.74) is -2.25. The fourth-order valence-electron chi connectivity index (χ4n) is 1.33. The summed E-state index contributed by atoms with van der Waals surface area (Å²) in [6.07, 6.45) is -0.925. The van der Waals surface area contributed by atoms with Crippen LogP contribution in [0.3, 0.4) is 0 Å². The van der Waals surface area contributed by atoms with Gasteiger partial charge in [-0.3, -0.25) is 14.9 Å². The highest BCUT2D eigenvalue weighted by molar-refractivity contribution is 5.66. The summed E-state index contributed by atoms with van der Waals surface area (Å²) in [5.74, 6) is -1.18. The molecule has 1 atom stereocenters. The molecule has 0 saturated carbocycles. The third-order valence-corrected chi connectivity index (χ3v) is 2.23. The van der Waals surface area contributed by atoms with Gasteiger partial charge >= 0.3 is 11.7 Å². The number of rotatable bonds is 5. The summed E-state index contributed by atoms with van der Waals surface area (Å²) in [5, 5.41) is 29.1. The van der Waals surface area contributed by atoms with Crippen LogP contribution < -0.4 is 0 Å². The van der Waals surface area contributed by atoms with Crippen molar-refractivity contribution >= 4 is 5.97 Å². The Morgan fingerprint density at radius 3 is 2.38 bits per heavy atom. The van der Waals surface area contributed by atoms with Gasteiger partial charge in [-0.25, -0.2) is 0 Å². The Kier molecular flexibility index (Phi) is 3.57. The van der Waals surface area contributed by atoms with E-state index in [1.807, 2.05) is 0 Å². The number of carbonyl (C=O) groups is 1. The molecular weight excluding hydrogens is 214 g/mol. The number of benzene rings is 1. The number of aliphatic hydroxyl groups is 1. The lowest BCUT2D eigenvalue weighted by Gasteiger charge is -2.18. The number of nitrogens with zero attached hydrogens (tertiary/aromatic N) is 1. The molecule has 86 valence electrons. The lowest BCUT2D eigenvalue weighted by Crippen LogP contribution is -2.35. The maximum absolute atomic E-state index is 10.8. The van der Waals surface area contributed by atoms with Crippen molar-refractivity contribution in [2.24, 2.45) is 0 Å². The molecule has 0 fully saturated rings. The van der Waals surface area contributed by atoms with Crippen molar-refractivity contribution < 1.29 is 19.9 Å². The zero-order valence-electron chi connectivity index (χ0n) is 8.37. The first kappa shape index (κ1) is 12.1. The summed E-state index contributed by atoms with van der Waals surface area (Å²) in [7, 11) is 0. The zero-order chi connectivity index (χ0) is 12.2. The molecule has 16 heavy (non-hydrogen) atoms. The van der Waals surface area contributed by atoms with Gasteiger partial charge in [-0.05, 0) is 12.1 Å². The number of hydrogen-bond acceptors (Lipinski definition) is 4. The molecule has 2 N–H and O–H groups in total. The van der Waals surface area contributed by atoms with Crippen LogP contribution in [-0.4, -0.2) is 21.1 Å². The van der Waals surface area contributed by atoms with Crippen LogP contribution in [0, 0.1) is 10.1 Å². The molecule has 6 nitrogen and oxygen atoms in total. The highest BCUT2D eigenvalue weighted by Gasteiger charge is 2.42. The summed E-state index contributed by atoms with van der Waals surface area (Å²) < 4.78 is 0. The molecule has 0 aliphatic carbocycles. The Balaban J connectivity index is 2.98. The van der Waals surface area contributed by atoms with Crippen molar-refractivity contribution in [1.82, 2.24) is 0 Å². The molecule has 0 radical (unpaired) electrons. The highest BCUT2D eigenvalue weighted by Crippen LogP contribution is 2.26. The average molecular weight is 225 g/mol. The van der Waals surface area contributed by atoms with E-state index in [4.69, 9.17) is 5.11 Å². The Bertz CT molecular complexity index is 391. The Morgan fingerprint density at radius 1 is 1.38 bits per heavy atom. The van der Waals surface area contributed by atoms with Crippen LogP contribution in [0.5, 0.6) is 0 Å². The van der Waals surface area contributed by atoms with Gasteiger partial charge in [0, 0.05) is 0 Å². The molecule has 0 spiro atoms. The standard InChI is InChI=1S/C10H11NO5/c12-9(13)6-7-10(14,11(15)16)8-4-2-1-3-5-8/h1-5,14H,6-7H2,(H,12,13). The van der Waals surface area contributed by atoms with Crippen molar-refractivity contribution in [3.63, 3.8) is 0 Å². The highest BCUT2D eigenvalue weighted by atomic mass is 16.7. The summed E-state index contributed by atoms with van der Waals surface area (Å²) in [4.78, 5) is 20.3. The van der Waals surface area contributed by atoms with Crippen LogP contribution in [0.15, 0.2) is 30.3 Å². The van der Waals surface area contributed by atoms with Crippen molar-refractivity contribution in [2.45, 2.75) is 18.6 Å². The predicted molar refractivity (Wildman–Crippen MR) is 54.2 cm³/mol. The third kappa shape index (κ3) is 2.54. The fourth-order valence-corrected chi connectivity index (χ4v) is 1.33. The molecule has 0 bridgehead atoms. The molecule has 6 heteroatoms. The summed E-state index contributed by atoms with van der Waals surface area (Å²) >= 11 is 0. The molecule has 0 aliphatic heterocycles. The normalized spacial score (nSPS) is 14.1. The number of hydrogen-bond donors (Lipinski definition) is 2. The van der Waals surface area contributed by atoms with Gasteiger partial charge in [0.1, 0.15) is 0 Å². The van der Waals surface area contributed by atoms with E-state index in [1.165, 1.54) is 12.1 Å². The van der Waals surface area contributed by atoms with Crippen LogP contribution in [0.1, 0.15) is 18.4 Å². The van der Waals surface area contributed by atoms with E-state index in [0.717, 1.165) is 0 Å². The Morgan fingerprint density at radius 2 is 1.94 bits per heavy atom. The van der Waals surface area contributed by atoms with E-state index in [0.29, 0.717) is 0 Å². The number of aliphatic carboxylic acids is 1. The summed E-state index contributed by atoms with van der Waals surface area (Å²) in [6, 6.07) is 7.53. The third-order valence-electron chi connectivity index (χ3n) is 2.23. The van der Waals surface area contributed by atoms with Crippen LogP contribution in [0.2, 0.25) is 0 Å². The maximum Gasteiger partial charge on any atom is 0.349 e. The molecular formula is C10H11NO5. The van der Waals surface area contributed by atoms with Gasteiger partial charge in [0.2, 0.25) is 0 Å². The molecule has 1 aromatic carbocycles. The van der Waals surface area contributed by atoms with Gasteiger partial charge in [0.15, 0.2) is 0 Å². The SMILES string of the molecule is O=C(O)CCC(O)(c1ccccc1)[N+](=O)[O-]. The van der Waals surface area contributed by atoms with Gasteiger partial charge in [0.25, 0.3) is 0 Å². The zero-order valence-corrected chi connectivity index (χ0v) is 8.37. The molecule has 1 aromatic rings. The molecule has 0 aliphatic rings. The van der Waals surface area contributed by atoms with Crippen LogP contribution in [0.4, 0.5) is 0 Å². The maximum atomic E-state index is 10.8.